The van der Waals surface area contributed by atoms with Gasteiger partial charge in [0.05, 0.1) is 0 Å². The highest BCUT2D eigenvalue weighted by molar-refractivity contribution is 7.07. The average molecular weight is 611 g/mol. The van der Waals surface area contributed by atoms with Gasteiger partial charge < -0.3 is 4.65 Å². The fourth-order valence-electron chi connectivity index (χ4n) is 5.06. The molecule has 1 saturated carbocycles. The van der Waals surface area contributed by atoms with E-state index in [1.807, 2.05) is 0 Å². The molecule has 0 aliphatic heterocycles. The molecule has 0 N–H and O–H groups in total. The molecule has 0 unspecified atom stereocenters. The van der Waals surface area contributed by atoms with Crippen molar-refractivity contribution in [2.45, 2.75) is 38.2 Å². The van der Waals surface area contributed by atoms with Crippen LogP contribution < -0.4 is 16.4 Å². The lowest BCUT2D eigenvalue weighted by molar-refractivity contribution is 0.152. The van der Waals surface area contributed by atoms with Crippen LogP contribution in [0.2, 0.25) is 0 Å². The van der Waals surface area contributed by atoms with Gasteiger partial charge in [-0.05, 0) is 12.8 Å². The van der Waals surface area contributed by atoms with E-state index in [0.717, 1.165) is 0 Å². The van der Waals surface area contributed by atoms with E-state index < -0.39 is 116 Å². The third-order valence-corrected chi connectivity index (χ3v) is 6.90. The van der Waals surface area contributed by atoms with Crippen LogP contribution >= 0.6 is 0 Å². The number of benzene rings is 3. The molecule has 1 fully saturated rings. The van der Waals surface area contributed by atoms with Gasteiger partial charge in [-0.1, -0.05) is 35.7 Å². The second-order valence-electron chi connectivity index (χ2n) is 9.13. The lowest BCUT2D eigenvalue weighted by Gasteiger charge is -2.47. The number of halogens is 15. The van der Waals surface area contributed by atoms with Gasteiger partial charge in [-0.2, -0.15) is 0 Å². The largest absolute Gasteiger partial charge is 0.576 e. The SMILES string of the molecule is Fc1c(F)c(F)c([B-](OC2CCCCC2)(c2c(F)c(F)c(F)c(F)c2F)c2c(F)c(F)c(F)c(F)c2F)c(F)c1F. The lowest BCUT2D eigenvalue weighted by Crippen LogP contribution is -2.76. The molecule has 1 aliphatic carbocycles. The molecule has 0 amide bonds. The summed E-state index contributed by atoms with van der Waals surface area (Å²) in [5, 5.41) is 0. The van der Waals surface area contributed by atoms with Crippen molar-refractivity contribution >= 4 is 22.7 Å². The maximum atomic E-state index is 15.3. The molecule has 0 atom stereocenters. The highest BCUT2D eigenvalue weighted by atomic mass is 19.2. The molecule has 3 aromatic carbocycles. The molecule has 0 heterocycles. The zero-order chi connectivity index (χ0) is 30.7. The minimum atomic E-state index is -5.94. The van der Waals surface area contributed by atoms with Crippen molar-refractivity contribution in [2.24, 2.45) is 0 Å². The van der Waals surface area contributed by atoms with E-state index in [-0.39, 0.29) is 25.7 Å². The second kappa shape index (κ2) is 10.8. The van der Waals surface area contributed by atoms with Gasteiger partial charge in [0.15, 0.2) is 52.4 Å². The second-order valence-corrected chi connectivity index (χ2v) is 9.13. The van der Waals surface area contributed by atoms with E-state index in [4.69, 9.17) is 4.65 Å². The summed E-state index contributed by atoms with van der Waals surface area (Å²) in [5.74, 6) is -45.7. The van der Waals surface area contributed by atoms with E-state index >= 15 is 26.3 Å². The molecular formula is C24H11BF15O-. The smallest absolute Gasteiger partial charge is 0.216 e. The number of hydrogen-bond acceptors (Lipinski definition) is 1. The van der Waals surface area contributed by atoms with Crippen molar-refractivity contribution in [3.05, 3.63) is 87.3 Å². The van der Waals surface area contributed by atoms with Gasteiger partial charge in [-0.3, -0.25) is 0 Å². The summed E-state index contributed by atoms with van der Waals surface area (Å²) in [7, 11) is 0. The standard InChI is InChI=1S/C24H11BF15O/c26-10-7(11(27)17(33)22(38)16(10)32)25(41-6-4-2-1-3-5-6,8-12(28)18(34)23(39)19(35)13(8)29)9-14(30)20(36)24(40)21(37)15(9)31/h6H,1-5H2/q-1. The summed E-state index contributed by atoms with van der Waals surface area (Å²) in [6.07, 6.45) is -7.93. The van der Waals surface area contributed by atoms with Gasteiger partial charge in [-0.15, -0.1) is 0 Å². The van der Waals surface area contributed by atoms with Crippen LogP contribution in [-0.4, -0.2) is 12.5 Å². The Morgan fingerprint density at radius 2 is 0.561 bits per heavy atom. The number of rotatable bonds is 5. The molecule has 1 aliphatic rings. The first-order valence-corrected chi connectivity index (χ1v) is 11.5. The van der Waals surface area contributed by atoms with Gasteiger partial charge in [0, 0.05) is 6.10 Å². The summed E-state index contributed by atoms with van der Waals surface area (Å²) >= 11 is 0. The monoisotopic (exact) mass is 611 g/mol. The highest BCUT2D eigenvalue weighted by Crippen LogP contribution is 2.31. The third-order valence-electron chi connectivity index (χ3n) is 6.90. The quantitative estimate of drug-likeness (QED) is 0.147. The first-order valence-electron chi connectivity index (χ1n) is 11.5. The van der Waals surface area contributed by atoms with E-state index in [9.17, 15) is 39.5 Å². The molecule has 0 aromatic heterocycles. The molecule has 1 nitrogen and oxygen atoms in total. The molecule has 0 bridgehead atoms. The Balaban J connectivity index is 2.40. The van der Waals surface area contributed by atoms with Gasteiger partial charge in [0.2, 0.25) is 6.35 Å². The van der Waals surface area contributed by atoms with Gasteiger partial charge in [0.25, 0.3) is 0 Å². The Morgan fingerprint density at radius 3 is 0.805 bits per heavy atom. The zero-order valence-corrected chi connectivity index (χ0v) is 19.8. The average Bonchev–Trinajstić information content (AvgIpc) is 2.95. The first kappa shape index (κ1) is 30.6. The summed E-state index contributed by atoms with van der Waals surface area (Å²) in [5.41, 5.74) is -8.25. The zero-order valence-electron chi connectivity index (χ0n) is 19.8. The van der Waals surface area contributed by atoms with E-state index in [2.05, 4.69) is 0 Å². The molecule has 0 radical (unpaired) electrons. The highest BCUT2D eigenvalue weighted by Gasteiger charge is 2.50. The Morgan fingerprint density at radius 1 is 0.341 bits per heavy atom. The first-order chi connectivity index (χ1) is 19.1. The summed E-state index contributed by atoms with van der Waals surface area (Å²) in [4.78, 5) is 0. The van der Waals surface area contributed by atoms with E-state index in [0.29, 0.717) is 6.42 Å². The summed E-state index contributed by atoms with van der Waals surface area (Å²) < 4.78 is 225. The third kappa shape index (κ3) is 4.43. The normalized spacial score (nSPS) is 14.7. The fraction of sp³-hybridized carbons (Fsp3) is 0.250. The Bertz CT molecular complexity index is 1310. The predicted octanol–water partition coefficient (Wildman–Crippen LogP) is 6.09. The van der Waals surface area contributed by atoms with Crippen LogP contribution in [0.15, 0.2) is 0 Å². The predicted molar refractivity (Wildman–Crippen MR) is 111 cm³/mol. The van der Waals surface area contributed by atoms with Crippen molar-refractivity contribution in [3.63, 3.8) is 0 Å². The molecule has 4 rings (SSSR count). The van der Waals surface area contributed by atoms with Crippen molar-refractivity contribution in [3.8, 4) is 0 Å². The van der Waals surface area contributed by atoms with E-state index in [1.165, 1.54) is 0 Å². The molecular weight excluding hydrogens is 600 g/mol. The molecule has 0 spiro atoms. The van der Waals surface area contributed by atoms with Crippen LogP contribution in [0.4, 0.5) is 65.9 Å². The van der Waals surface area contributed by atoms with Crippen LogP contribution in [0, 0.1) is 87.3 Å². The number of hydrogen-bond donors (Lipinski definition) is 0. The van der Waals surface area contributed by atoms with Crippen molar-refractivity contribution in [2.75, 3.05) is 0 Å². The minimum absolute atomic E-state index is 0.0716. The molecule has 0 saturated heterocycles. The maximum Gasteiger partial charge on any atom is 0.216 e. The Labute approximate surface area is 219 Å². The Kier molecular flexibility index (Phi) is 8.06. The van der Waals surface area contributed by atoms with Crippen LogP contribution in [0.3, 0.4) is 0 Å². The topological polar surface area (TPSA) is 9.23 Å². The summed E-state index contributed by atoms with van der Waals surface area (Å²) in [6.45, 7) is 0. The lowest BCUT2D eigenvalue weighted by atomic mass is 9.27. The molecule has 222 valence electrons. The molecule has 41 heavy (non-hydrogen) atoms. The Hall–Kier alpha value is -3.37. The van der Waals surface area contributed by atoms with Crippen molar-refractivity contribution in [1.82, 2.24) is 0 Å². The van der Waals surface area contributed by atoms with Crippen LogP contribution in [0.5, 0.6) is 0 Å². The summed E-state index contributed by atoms with van der Waals surface area (Å²) in [6, 6.07) is 0. The van der Waals surface area contributed by atoms with Crippen molar-refractivity contribution < 1.29 is 70.5 Å². The van der Waals surface area contributed by atoms with Crippen LogP contribution in [0.1, 0.15) is 32.1 Å². The fourth-order valence-corrected chi connectivity index (χ4v) is 5.06. The van der Waals surface area contributed by atoms with E-state index in [1.54, 1.807) is 0 Å². The van der Waals surface area contributed by atoms with Gasteiger partial charge in [-0.25, -0.2) is 65.9 Å². The van der Waals surface area contributed by atoms with Crippen molar-refractivity contribution in [1.29, 1.82) is 0 Å². The van der Waals surface area contributed by atoms with Crippen LogP contribution in [-0.2, 0) is 4.65 Å². The van der Waals surface area contributed by atoms with Crippen LogP contribution in [0.25, 0.3) is 0 Å². The maximum absolute atomic E-state index is 15.3. The molecule has 17 heteroatoms. The molecule has 3 aromatic rings. The minimum Gasteiger partial charge on any atom is -0.576 e. The van der Waals surface area contributed by atoms with Gasteiger partial charge >= 0.3 is 0 Å². The van der Waals surface area contributed by atoms with Gasteiger partial charge in [0.1, 0.15) is 34.9 Å².